The second-order valence-electron chi connectivity index (χ2n) is 7.16. The van der Waals surface area contributed by atoms with E-state index in [0.29, 0.717) is 0 Å². The average Bonchev–Trinajstić information content (AvgIpc) is 2.80. The number of amides is 2. The van der Waals surface area contributed by atoms with Crippen LogP contribution in [-0.4, -0.2) is 51.8 Å². The highest BCUT2D eigenvalue weighted by Gasteiger charge is 2.36. The number of esters is 1. The van der Waals surface area contributed by atoms with Gasteiger partial charge in [-0.3, -0.25) is 14.5 Å². The largest absolute Gasteiger partial charge is 0.493 e. The fourth-order valence-corrected chi connectivity index (χ4v) is 3.36. The van der Waals surface area contributed by atoms with Crippen molar-refractivity contribution in [3.63, 3.8) is 0 Å². The highest BCUT2D eigenvalue weighted by Crippen LogP contribution is 2.39. The molecule has 182 valence electrons. The SMILES string of the molecule is COc1cc(C(=O)OC(C)C(=O)N2CC(=O)Nc3cc(C(F)(F)F)ccc32)cc(OC)c1OC. The number of carbonyl (C=O) groups is 3. The third-order valence-electron chi connectivity index (χ3n) is 4.99. The van der Waals surface area contributed by atoms with Crippen LogP contribution in [0.2, 0.25) is 0 Å². The molecule has 0 aliphatic carbocycles. The molecule has 0 fully saturated rings. The number of benzene rings is 2. The molecule has 0 saturated heterocycles. The summed E-state index contributed by atoms with van der Waals surface area (Å²) in [4.78, 5) is 38.7. The molecule has 0 bridgehead atoms. The molecule has 0 radical (unpaired) electrons. The number of halogens is 3. The van der Waals surface area contributed by atoms with Crippen molar-refractivity contribution >= 4 is 29.2 Å². The molecule has 2 aromatic rings. The Bertz CT molecular complexity index is 1110. The Kier molecular flexibility index (Phi) is 6.89. The third-order valence-corrected chi connectivity index (χ3v) is 4.99. The van der Waals surface area contributed by atoms with E-state index in [-0.39, 0.29) is 34.2 Å². The number of carbonyl (C=O) groups excluding carboxylic acids is 3. The summed E-state index contributed by atoms with van der Waals surface area (Å²) in [5.41, 5.74) is -1.11. The second kappa shape index (κ2) is 9.49. The standard InChI is InChI=1S/C22H21F3N2O7/c1-11(34-21(30)12-7-16(31-2)19(33-4)17(8-12)32-3)20(29)27-10-18(28)26-14-9-13(22(23,24)25)5-6-15(14)27/h5-9,11H,10H2,1-4H3,(H,26,28). The molecule has 0 saturated carbocycles. The van der Waals surface area contributed by atoms with E-state index in [9.17, 15) is 27.6 Å². The van der Waals surface area contributed by atoms with E-state index in [1.165, 1.54) is 40.4 Å². The van der Waals surface area contributed by atoms with E-state index in [4.69, 9.17) is 18.9 Å². The Labute approximate surface area is 192 Å². The molecule has 3 rings (SSSR count). The molecule has 0 spiro atoms. The van der Waals surface area contributed by atoms with Crippen LogP contribution in [0.4, 0.5) is 24.5 Å². The number of ether oxygens (including phenoxy) is 4. The van der Waals surface area contributed by atoms with Crippen molar-refractivity contribution in [2.24, 2.45) is 0 Å². The van der Waals surface area contributed by atoms with E-state index < -0.39 is 42.2 Å². The van der Waals surface area contributed by atoms with Crippen LogP contribution < -0.4 is 24.4 Å². The lowest BCUT2D eigenvalue weighted by Crippen LogP contribution is -2.47. The Morgan fingerprint density at radius 2 is 1.65 bits per heavy atom. The summed E-state index contributed by atoms with van der Waals surface area (Å²) in [7, 11) is 4.12. The highest BCUT2D eigenvalue weighted by molar-refractivity contribution is 6.11. The summed E-state index contributed by atoms with van der Waals surface area (Å²) in [6.45, 7) is 0.831. The zero-order valence-electron chi connectivity index (χ0n) is 18.6. The topological polar surface area (TPSA) is 103 Å². The van der Waals surface area contributed by atoms with Crippen LogP contribution in [0.5, 0.6) is 17.2 Å². The van der Waals surface area contributed by atoms with Crippen LogP contribution in [0.1, 0.15) is 22.8 Å². The van der Waals surface area contributed by atoms with Gasteiger partial charge in [0, 0.05) is 0 Å². The molecule has 2 amide bonds. The van der Waals surface area contributed by atoms with Gasteiger partial charge in [-0.25, -0.2) is 4.79 Å². The average molecular weight is 482 g/mol. The number of hydrogen-bond donors (Lipinski definition) is 1. The summed E-state index contributed by atoms with van der Waals surface area (Å²) >= 11 is 0. The van der Waals surface area contributed by atoms with Crippen LogP contribution in [0.3, 0.4) is 0 Å². The van der Waals surface area contributed by atoms with Crippen LogP contribution in [-0.2, 0) is 20.5 Å². The van der Waals surface area contributed by atoms with E-state index in [2.05, 4.69) is 5.32 Å². The van der Waals surface area contributed by atoms with E-state index in [0.717, 1.165) is 23.1 Å². The molecule has 0 aromatic heterocycles. The monoisotopic (exact) mass is 482 g/mol. The normalized spacial score (nSPS) is 14.0. The number of methoxy groups -OCH3 is 3. The van der Waals surface area contributed by atoms with Gasteiger partial charge in [0.05, 0.1) is 43.8 Å². The van der Waals surface area contributed by atoms with E-state index in [1.807, 2.05) is 0 Å². The lowest BCUT2D eigenvalue weighted by atomic mass is 10.1. The van der Waals surface area contributed by atoms with Crippen molar-refractivity contribution in [3.05, 3.63) is 41.5 Å². The maximum atomic E-state index is 13.0. The molecule has 1 atom stereocenters. The molecule has 9 nitrogen and oxygen atoms in total. The van der Waals surface area contributed by atoms with Gasteiger partial charge in [0.25, 0.3) is 5.91 Å². The molecule has 2 aromatic carbocycles. The summed E-state index contributed by atoms with van der Waals surface area (Å²) in [5, 5.41) is 2.32. The van der Waals surface area contributed by atoms with Crippen LogP contribution in [0, 0.1) is 0 Å². The summed E-state index contributed by atoms with van der Waals surface area (Å²) in [6.07, 6.45) is -6.00. The number of anilines is 2. The van der Waals surface area contributed by atoms with Gasteiger partial charge in [-0.15, -0.1) is 0 Å². The van der Waals surface area contributed by atoms with Crippen molar-refractivity contribution in [3.8, 4) is 17.2 Å². The number of nitrogens with one attached hydrogen (secondary N) is 1. The quantitative estimate of drug-likeness (QED) is 0.631. The zero-order chi connectivity index (χ0) is 25.2. The van der Waals surface area contributed by atoms with Crippen LogP contribution in [0.25, 0.3) is 0 Å². The second-order valence-corrected chi connectivity index (χ2v) is 7.16. The highest BCUT2D eigenvalue weighted by atomic mass is 19.4. The van der Waals surface area contributed by atoms with Gasteiger partial charge < -0.3 is 24.3 Å². The summed E-state index contributed by atoms with van der Waals surface area (Å²) in [6, 6.07) is 5.28. The van der Waals surface area contributed by atoms with Crippen molar-refractivity contribution in [2.45, 2.75) is 19.2 Å². The third kappa shape index (κ3) is 4.85. The Hall–Kier alpha value is -3.96. The van der Waals surface area contributed by atoms with Gasteiger partial charge in [0.1, 0.15) is 6.54 Å². The Balaban J connectivity index is 1.84. The van der Waals surface area contributed by atoms with Gasteiger partial charge in [0.15, 0.2) is 17.6 Å². The zero-order valence-corrected chi connectivity index (χ0v) is 18.6. The number of hydrogen-bond acceptors (Lipinski definition) is 7. The number of rotatable bonds is 6. The smallest absolute Gasteiger partial charge is 0.416 e. The van der Waals surface area contributed by atoms with Gasteiger partial charge in [-0.05, 0) is 37.3 Å². The number of alkyl halides is 3. The number of nitrogens with zero attached hydrogens (tertiary/aromatic N) is 1. The lowest BCUT2D eigenvalue weighted by Gasteiger charge is -2.31. The summed E-state index contributed by atoms with van der Waals surface area (Å²) < 4.78 is 59.9. The molecule has 1 aliphatic rings. The number of fused-ring (bicyclic) bond motifs is 1. The van der Waals surface area contributed by atoms with Crippen molar-refractivity contribution < 1.29 is 46.5 Å². The first-order valence-corrected chi connectivity index (χ1v) is 9.83. The molecule has 34 heavy (non-hydrogen) atoms. The molecule has 1 N–H and O–H groups in total. The molecule has 1 unspecified atom stereocenters. The molecule has 12 heteroatoms. The first kappa shape index (κ1) is 24.7. The predicted molar refractivity (Wildman–Crippen MR) is 113 cm³/mol. The fraction of sp³-hybridized carbons (Fsp3) is 0.318. The molecular weight excluding hydrogens is 461 g/mol. The molecular formula is C22H21F3N2O7. The predicted octanol–water partition coefficient (Wildman–Crippen LogP) is 3.26. The van der Waals surface area contributed by atoms with Crippen molar-refractivity contribution in [1.82, 2.24) is 0 Å². The summed E-state index contributed by atoms with van der Waals surface area (Å²) in [5.74, 6) is -1.75. The van der Waals surface area contributed by atoms with Crippen LogP contribution >= 0.6 is 0 Å². The lowest BCUT2D eigenvalue weighted by molar-refractivity contribution is -0.137. The molecule has 1 heterocycles. The minimum atomic E-state index is -4.63. The van der Waals surface area contributed by atoms with Gasteiger partial charge in [-0.2, -0.15) is 13.2 Å². The van der Waals surface area contributed by atoms with Gasteiger partial charge in [-0.1, -0.05) is 0 Å². The fourth-order valence-electron chi connectivity index (χ4n) is 3.36. The van der Waals surface area contributed by atoms with E-state index in [1.54, 1.807) is 0 Å². The minimum Gasteiger partial charge on any atom is -0.493 e. The maximum Gasteiger partial charge on any atom is 0.416 e. The Morgan fingerprint density at radius 3 is 2.18 bits per heavy atom. The first-order valence-electron chi connectivity index (χ1n) is 9.83. The minimum absolute atomic E-state index is 0.000700. The molecule has 1 aliphatic heterocycles. The van der Waals surface area contributed by atoms with Gasteiger partial charge in [0.2, 0.25) is 11.7 Å². The van der Waals surface area contributed by atoms with Gasteiger partial charge >= 0.3 is 12.1 Å². The first-order chi connectivity index (χ1) is 16.0. The maximum absolute atomic E-state index is 13.0. The van der Waals surface area contributed by atoms with Crippen molar-refractivity contribution in [2.75, 3.05) is 38.1 Å². The van der Waals surface area contributed by atoms with Crippen molar-refractivity contribution in [1.29, 1.82) is 0 Å². The van der Waals surface area contributed by atoms with E-state index >= 15 is 0 Å². The van der Waals surface area contributed by atoms with Crippen LogP contribution in [0.15, 0.2) is 30.3 Å². The Morgan fingerprint density at radius 1 is 1.03 bits per heavy atom.